The van der Waals surface area contributed by atoms with Gasteiger partial charge in [0.2, 0.25) is 0 Å². The second-order valence-electron chi connectivity index (χ2n) is 2.51. The van der Waals surface area contributed by atoms with Crippen molar-refractivity contribution in [2.24, 2.45) is 0 Å². The maximum atomic E-state index is 12.2. The maximum Gasteiger partial charge on any atom is 0.510 e. The first-order valence-corrected chi connectivity index (χ1v) is 3.43. The number of aromatic hydroxyl groups is 1. The predicted molar refractivity (Wildman–Crippen MR) is 42.2 cm³/mol. The SMILES string of the molecule is O=Cc1ccc(O)cc1[B-](F)(F)F. The van der Waals surface area contributed by atoms with E-state index in [2.05, 4.69) is 0 Å². The Kier molecular flexibility index (Phi) is 2.31. The van der Waals surface area contributed by atoms with E-state index in [1.54, 1.807) is 0 Å². The van der Waals surface area contributed by atoms with Gasteiger partial charge in [-0.05, 0) is 17.7 Å². The minimum Gasteiger partial charge on any atom is -0.508 e. The molecule has 0 saturated heterocycles. The molecule has 1 aromatic rings. The fraction of sp³-hybridized carbons (Fsp3) is 0. The zero-order chi connectivity index (χ0) is 10.1. The number of aldehydes is 1. The van der Waals surface area contributed by atoms with Crippen molar-refractivity contribution in [3.63, 3.8) is 0 Å². The van der Waals surface area contributed by atoms with Gasteiger partial charge in [-0.15, -0.1) is 0 Å². The molecular weight excluding hydrogens is 184 g/mol. The second kappa shape index (κ2) is 3.12. The van der Waals surface area contributed by atoms with Crippen LogP contribution in [0.25, 0.3) is 0 Å². The number of phenolic OH excluding ortho intramolecular Hbond substituents is 1. The average molecular weight is 189 g/mol. The molecule has 1 aromatic carbocycles. The number of hydrogen-bond donors (Lipinski definition) is 1. The summed E-state index contributed by atoms with van der Waals surface area (Å²) in [4.78, 5) is 10.2. The Bertz CT molecular complexity index is 335. The monoisotopic (exact) mass is 189 g/mol. The van der Waals surface area contributed by atoms with E-state index in [1.165, 1.54) is 0 Å². The van der Waals surface area contributed by atoms with Gasteiger partial charge in [-0.2, -0.15) is 0 Å². The molecule has 1 rings (SSSR count). The zero-order valence-electron chi connectivity index (χ0n) is 6.38. The number of carbonyl (C=O) groups is 1. The number of benzene rings is 1. The molecule has 0 aliphatic rings. The van der Waals surface area contributed by atoms with Gasteiger partial charge < -0.3 is 18.1 Å². The van der Waals surface area contributed by atoms with E-state index in [9.17, 15) is 17.7 Å². The Morgan fingerprint density at radius 2 is 1.92 bits per heavy atom. The number of halogens is 3. The quantitative estimate of drug-likeness (QED) is 0.561. The van der Waals surface area contributed by atoms with E-state index < -0.39 is 23.8 Å². The van der Waals surface area contributed by atoms with Crippen LogP contribution in [0.3, 0.4) is 0 Å². The van der Waals surface area contributed by atoms with Gasteiger partial charge in [-0.25, -0.2) is 0 Å². The molecule has 0 unspecified atom stereocenters. The van der Waals surface area contributed by atoms with Gasteiger partial charge in [0.25, 0.3) is 0 Å². The van der Waals surface area contributed by atoms with Crippen LogP contribution in [0.5, 0.6) is 5.75 Å². The molecule has 0 amide bonds. The summed E-state index contributed by atoms with van der Waals surface area (Å²) in [6.45, 7) is -5.25. The van der Waals surface area contributed by atoms with Crippen LogP contribution in [0.1, 0.15) is 10.4 Å². The van der Waals surface area contributed by atoms with E-state index in [1.807, 2.05) is 0 Å². The van der Waals surface area contributed by atoms with Crippen molar-refractivity contribution in [2.45, 2.75) is 0 Å². The highest BCUT2D eigenvalue weighted by atomic mass is 19.4. The molecule has 13 heavy (non-hydrogen) atoms. The zero-order valence-corrected chi connectivity index (χ0v) is 6.38. The largest absolute Gasteiger partial charge is 0.510 e. The van der Waals surface area contributed by atoms with Gasteiger partial charge in [-0.1, -0.05) is 11.5 Å². The van der Waals surface area contributed by atoms with Crippen LogP contribution < -0.4 is 5.46 Å². The molecule has 0 spiro atoms. The van der Waals surface area contributed by atoms with Gasteiger partial charge >= 0.3 is 6.98 Å². The molecule has 0 saturated carbocycles. The molecule has 0 fully saturated rings. The molecule has 0 radical (unpaired) electrons. The van der Waals surface area contributed by atoms with Gasteiger partial charge in [0.15, 0.2) is 0 Å². The number of phenols is 1. The molecule has 0 atom stereocenters. The molecule has 2 nitrogen and oxygen atoms in total. The molecule has 0 aliphatic heterocycles. The Hall–Kier alpha value is -1.46. The Labute approximate surface area is 72.1 Å². The van der Waals surface area contributed by atoms with Crippen molar-refractivity contribution in [3.05, 3.63) is 23.8 Å². The standard InChI is InChI=1S/C7H5BF3O2/c9-8(10,11)7-3-6(13)2-1-5(7)4-12/h1-4,13H/q-1. The lowest BCUT2D eigenvalue weighted by Gasteiger charge is -2.16. The van der Waals surface area contributed by atoms with E-state index in [0.717, 1.165) is 12.1 Å². The van der Waals surface area contributed by atoms with Gasteiger partial charge in [0.05, 0.1) is 0 Å². The lowest BCUT2D eigenvalue weighted by molar-refractivity contribution is 0.112. The lowest BCUT2D eigenvalue weighted by Crippen LogP contribution is -2.36. The Morgan fingerprint density at radius 1 is 1.31 bits per heavy atom. The van der Waals surface area contributed by atoms with Crippen LogP contribution in [0.2, 0.25) is 0 Å². The molecule has 0 bridgehead atoms. The normalized spacial score (nSPS) is 11.3. The lowest BCUT2D eigenvalue weighted by atomic mass is 9.77. The third-order valence-corrected chi connectivity index (χ3v) is 1.55. The van der Waals surface area contributed by atoms with Crippen LogP contribution in [-0.4, -0.2) is 18.4 Å². The fourth-order valence-corrected chi connectivity index (χ4v) is 0.953. The maximum absolute atomic E-state index is 12.2. The van der Waals surface area contributed by atoms with Gasteiger partial charge in [0, 0.05) is 0 Å². The van der Waals surface area contributed by atoms with Crippen LogP contribution in [0.4, 0.5) is 12.9 Å². The smallest absolute Gasteiger partial charge is 0.508 e. The summed E-state index contributed by atoms with van der Waals surface area (Å²) in [6, 6.07) is 2.52. The molecule has 0 aliphatic carbocycles. The minimum atomic E-state index is -5.25. The summed E-state index contributed by atoms with van der Waals surface area (Å²) in [5.74, 6) is -0.500. The summed E-state index contributed by atoms with van der Waals surface area (Å²) < 4.78 is 36.6. The molecular formula is C7H5BF3O2-. The first-order chi connectivity index (χ1) is 5.95. The predicted octanol–water partition coefficient (Wildman–Crippen LogP) is 1.26. The summed E-state index contributed by atoms with van der Waals surface area (Å²) in [5.41, 5.74) is -1.51. The summed E-state index contributed by atoms with van der Waals surface area (Å²) in [7, 11) is 0. The Balaban J connectivity index is 3.32. The van der Waals surface area contributed by atoms with Crippen molar-refractivity contribution in [2.75, 3.05) is 0 Å². The van der Waals surface area contributed by atoms with Crippen LogP contribution in [0, 0.1) is 0 Å². The number of rotatable bonds is 2. The third kappa shape index (κ3) is 2.02. The van der Waals surface area contributed by atoms with E-state index in [4.69, 9.17) is 5.11 Å². The van der Waals surface area contributed by atoms with Crippen LogP contribution in [-0.2, 0) is 0 Å². The topological polar surface area (TPSA) is 37.3 Å². The average Bonchev–Trinajstić information content (AvgIpc) is 2.03. The van der Waals surface area contributed by atoms with E-state index in [0.29, 0.717) is 6.07 Å². The molecule has 70 valence electrons. The summed E-state index contributed by atoms with van der Waals surface area (Å²) in [6.07, 6.45) is 0.115. The van der Waals surface area contributed by atoms with E-state index in [-0.39, 0.29) is 6.29 Å². The fourth-order valence-electron chi connectivity index (χ4n) is 0.953. The van der Waals surface area contributed by atoms with E-state index >= 15 is 0 Å². The first-order valence-electron chi connectivity index (χ1n) is 3.43. The molecule has 0 heterocycles. The van der Waals surface area contributed by atoms with Gasteiger partial charge in [0.1, 0.15) is 12.0 Å². The van der Waals surface area contributed by atoms with Crippen molar-refractivity contribution in [1.82, 2.24) is 0 Å². The second-order valence-corrected chi connectivity index (χ2v) is 2.51. The third-order valence-electron chi connectivity index (χ3n) is 1.55. The summed E-state index contributed by atoms with van der Waals surface area (Å²) >= 11 is 0. The number of hydrogen-bond acceptors (Lipinski definition) is 2. The molecule has 0 aromatic heterocycles. The van der Waals surface area contributed by atoms with Crippen molar-refractivity contribution < 1.29 is 22.8 Å². The van der Waals surface area contributed by atoms with Crippen LogP contribution in [0.15, 0.2) is 18.2 Å². The summed E-state index contributed by atoms with van der Waals surface area (Å²) in [5, 5.41) is 8.79. The van der Waals surface area contributed by atoms with Gasteiger partial charge in [-0.3, -0.25) is 4.79 Å². The highest BCUT2D eigenvalue weighted by Crippen LogP contribution is 2.15. The minimum absolute atomic E-state index is 0.115. The highest BCUT2D eigenvalue weighted by molar-refractivity contribution is 6.74. The number of carbonyl (C=O) groups excluding carboxylic acids is 1. The van der Waals surface area contributed by atoms with Crippen molar-refractivity contribution >= 4 is 18.7 Å². The first kappa shape index (κ1) is 9.63. The highest BCUT2D eigenvalue weighted by Gasteiger charge is 2.28. The molecule has 6 heteroatoms. The van der Waals surface area contributed by atoms with Crippen LogP contribution >= 0.6 is 0 Å². The molecule has 1 N–H and O–H groups in total. The van der Waals surface area contributed by atoms with Crippen molar-refractivity contribution in [3.8, 4) is 5.75 Å². The Morgan fingerprint density at radius 3 is 2.38 bits per heavy atom. The van der Waals surface area contributed by atoms with Crippen molar-refractivity contribution in [1.29, 1.82) is 0 Å².